The quantitative estimate of drug-likeness (QED) is 0.447. The zero-order chi connectivity index (χ0) is 20.3. The molecule has 0 aliphatic rings. The monoisotopic (exact) mass is 387 g/mol. The van der Waals surface area contributed by atoms with Crippen LogP contribution >= 0.6 is 0 Å². The van der Waals surface area contributed by atoms with E-state index >= 15 is 0 Å². The van der Waals surface area contributed by atoms with Crippen LogP contribution in [-0.4, -0.2) is 6.15 Å². The lowest BCUT2D eigenvalue weighted by atomic mass is 9.14. The van der Waals surface area contributed by atoms with Crippen molar-refractivity contribution >= 4 is 22.5 Å². The molecule has 0 aliphatic carbocycles. The Morgan fingerprint density at radius 2 is 0.897 bits per heavy atom. The second kappa shape index (κ2) is 8.00. The van der Waals surface area contributed by atoms with Gasteiger partial charge in [0.05, 0.1) is 6.15 Å². The Morgan fingerprint density at radius 1 is 0.483 bits per heavy atom. The molecule has 0 amide bonds. The number of hydrogen-bond acceptors (Lipinski definition) is 0. The summed E-state index contributed by atoms with van der Waals surface area (Å²) in [5.41, 5.74) is 3.10. The van der Waals surface area contributed by atoms with E-state index in [0.717, 1.165) is 5.56 Å². The number of rotatable bonds is 5. The highest BCUT2D eigenvalue weighted by Gasteiger charge is 2.31. The summed E-state index contributed by atoms with van der Waals surface area (Å²) < 4.78 is 42.9. The van der Waals surface area contributed by atoms with E-state index in [-0.39, 0.29) is 17.5 Å². The van der Waals surface area contributed by atoms with Crippen molar-refractivity contribution in [1.29, 1.82) is 0 Å². The highest BCUT2D eigenvalue weighted by atomic mass is 19.1. The molecule has 0 aromatic heterocycles. The minimum absolute atomic E-state index is 0.380. The third-order valence-electron chi connectivity index (χ3n) is 5.64. The topological polar surface area (TPSA) is 0 Å². The van der Waals surface area contributed by atoms with Crippen molar-refractivity contribution in [2.75, 3.05) is 0 Å². The van der Waals surface area contributed by atoms with Crippen molar-refractivity contribution in [3.05, 3.63) is 126 Å². The van der Waals surface area contributed by atoms with E-state index in [1.165, 1.54) is 36.4 Å². The first-order valence-corrected chi connectivity index (χ1v) is 9.57. The average Bonchev–Trinajstić information content (AvgIpc) is 2.73. The fraction of sp³-hybridized carbons (Fsp3) is 0.0400. The van der Waals surface area contributed by atoms with Crippen molar-refractivity contribution in [3.8, 4) is 0 Å². The van der Waals surface area contributed by atoms with Gasteiger partial charge in [-0.25, -0.2) is 13.2 Å². The van der Waals surface area contributed by atoms with E-state index in [1.807, 2.05) is 48.5 Å². The van der Waals surface area contributed by atoms with Gasteiger partial charge in [-0.05, 0) is 18.2 Å². The first-order chi connectivity index (χ1) is 14.1. The molecule has 29 heavy (non-hydrogen) atoms. The SMILES string of the molecule is Fc1cccc([B-](Cc2ccccc2)(c2cccc(F)c2)c2cccc(F)c2)c1. The van der Waals surface area contributed by atoms with Gasteiger partial charge >= 0.3 is 0 Å². The molecule has 0 unspecified atom stereocenters. The first-order valence-electron chi connectivity index (χ1n) is 9.57. The van der Waals surface area contributed by atoms with Crippen LogP contribution < -0.4 is 16.4 Å². The van der Waals surface area contributed by atoms with Crippen molar-refractivity contribution < 1.29 is 13.2 Å². The Morgan fingerprint density at radius 3 is 1.28 bits per heavy atom. The maximum atomic E-state index is 14.3. The van der Waals surface area contributed by atoms with Gasteiger partial charge in [0.25, 0.3) is 0 Å². The van der Waals surface area contributed by atoms with Gasteiger partial charge in [-0.1, -0.05) is 90.5 Å². The fourth-order valence-corrected chi connectivity index (χ4v) is 4.34. The molecular weight excluding hydrogens is 368 g/mol. The second-order valence-corrected chi connectivity index (χ2v) is 7.40. The number of benzene rings is 4. The van der Waals surface area contributed by atoms with Crippen LogP contribution in [0.2, 0.25) is 0 Å². The molecule has 144 valence electrons. The molecule has 0 nitrogen and oxygen atoms in total. The van der Waals surface area contributed by atoms with Gasteiger partial charge in [0, 0.05) is 0 Å². The molecule has 0 aliphatic heterocycles. The predicted octanol–water partition coefficient (Wildman–Crippen LogP) is 4.36. The van der Waals surface area contributed by atoms with Crippen LogP contribution in [0.15, 0.2) is 103 Å². The summed E-state index contributed by atoms with van der Waals surface area (Å²) in [6.45, 7) is 0. The molecule has 0 fully saturated rings. The summed E-state index contributed by atoms with van der Waals surface area (Å²) in [6, 6.07) is 28.7. The lowest BCUT2D eigenvalue weighted by Gasteiger charge is -2.43. The van der Waals surface area contributed by atoms with Crippen LogP contribution in [0.25, 0.3) is 0 Å². The van der Waals surface area contributed by atoms with Crippen molar-refractivity contribution in [1.82, 2.24) is 0 Å². The Labute approximate surface area is 168 Å². The maximum absolute atomic E-state index is 14.3. The van der Waals surface area contributed by atoms with Gasteiger partial charge in [0.1, 0.15) is 17.5 Å². The summed E-state index contributed by atoms with van der Waals surface area (Å²) in [7, 11) is 0. The summed E-state index contributed by atoms with van der Waals surface area (Å²) in [6.07, 6.45) is -1.39. The molecule has 4 aromatic carbocycles. The molecule has 0 atom stereocenters. The van der Waals surface area contributed by atoms with E-state index in [4.69, 9.17) is 0 Å². The minimum atomic E-state index is -1.87. The molecule has 0 spiro atoms. The Bertz CT molecular complexity index is 1010. The molecule has 0 radical (unpaired) electrons. The largest absolute Gasteiger partial charge is 0.207 e. The van der Waals surface area contributed by atoms with E-state index in [2.05, 4.69) is 0 Å². The molecule has 0 bridgehead atoms. The predicted molar refractivity (Wildman–Crippen MR) is 114 cm³/mol. The maximum Gasteiger partial charge on any atom is 0.120 e. The number of halogens is 3. The molecule has 4 rings (SSSR count). The average molecular weight is 387 g/mol. The summed E-state index contributed by atoms with van der Waals surface area (Å²) in [5.74, 6) is -1.14. The van der Waals surface area contributed by atoms with Gasteiger partial charge in [0.15, 0.2) is 0 Å². The normalized spacial score (nSPS) is 11.4. The lowest BCUT2D eigenvalue weighted by molar-refractivity contribution is 0.629. The van der Waals surface area contributed by atoms with Crippen molar-refractivity contribution in [3.63, 3.8) is 0 Å². The van der Waals surface area contributed by atoms with Gasteiger partial charge in [-0.2, -0.15) is 16.4 Å². The molecule has 0 N–H and O–H groups in total. The van der Waals surface area contributed by atoms with Crippen molar-refractivity contribution in [2.24, 2.45) is 0 Å². The third-order valence-corrected chi connectivity index (χ3v) is 5.64. The minimum Gasteiger partial charge on any atom is -0.207 e. The molecule has 4 heteroatoms. The zero-order valence-corrected chi connectivity index (χ0v) is 15.7. The summed E-state index contributed by atoms with van der Waals surface area (Å²) in [4.78, 5) is 0. The Kier molecular flexibility index (Phi) is 5.26. The summed E-state index contributed by atoms with van der Waals surface area (Å²) >= 11 is 0. The highest BCUT2D eigenvalue weighted by Crippen LogP contribution is 2.16. The van der Waals surface area contributed by atoms with E-state index in [9.17, 15) is 13.2 Å². The van der Waals surface area contributed by atoms with Crippen molar-refractivity contribution in [2.45, 2.75) is 6.32 Å². The molecule has 0 saturated carbocycles. The number of hydrogen-bond donors (Lipinski definition) is 0. The molecule has 0 saturated heterocycles. The van der Waals surface area contributed by atoms with Gasteiger partial charge in [-0.15, -0.1) is 6.32 Å². The smallest absolute Gasteiger partial charge is 0.120 e. The van der Waals surface area contributed by atoms with Crippen LogP contribution in [0.4, 0.5) is 13.2 Å². The Balaban J connectivity index is 2.06. The van der Waals surface area contributed by atoms with Crippen LogP contribution in [0, 0.1) is 17.5 Å². The standard InChI is InChI=1S/C25H19BF3/c27-23-12-4-9-20(15-23)26(18-19-7-2-1-3-8-19,21-10-5-13-24(28)16-21)22-11-6-14-25(29)17-22/h1-17H,18H2/q-1. The first kappa shape index (κ1) is 19.1. The highest BCUT2D eigenvalue weighted by molar-refractivity contribution is 7.11. The van der Waals surface area contributed by atoms with E-state index in [1.54, 1.807) is 18.2 Å². The molecular formula is C25H19BF3-. The molecule has 0 heterocycles. The zero-order valence-electron chi connectivity index (χ0n) is 15.7. The van der Waals surface area contributed by atoms with Crippen LogP contribution in [0.5, 0.6) is 0 Å². The fourth-order valence-electron chi connectivity index (χ4n) is 4.34. The van der Waals surface area contributed by atoms with Gasteiger partial charge in [0.2, 0.25) is 0 Å². The molecule has 4 aromatic rings. The van der Waals surface area contributed by atoms with Gasteiger partial charge < -0.3 is 0 Å². The van der Waals surface area contributed by atoms with Crippen LogP contribution in [0.3, 0.4) is 0 Å². The second-order valence-electron chi connectivity index (χ2n) is 7.40. The van der Waals surface area contributed by atoms with E-state index in [0.29, 0.717) is 22.7 Å². The Hall–Kier alpha value is -3.27. The lowest BCUT2D eigenvalue weighted by Crippen LogP contribution is -2.69. The van der Waals surface area contributed by atoms with E-state index < -0.39 is 6.15 Å². The summed E-state index contributed by atoms with van der Waals surface area (Å²) in [5, 5.41) is 0. The third kappa shape index (κ3) is 3.84. The van der Waals surface area contributed by atoms with Gasteiger partial charge in [-0.3, -0.25) is 0 Å². The van der Waals surface area contributed by atoms with Crippen LogP contribution in [0.1, 0.15) is 5.56 Å². The van der Waals surface area contributed by atoms with Crippen LogP contribution in [-0.2, 0) is 6.32 Å².